The fourth-order valence-electron chi connectivity index (χ4n) is 3.58. The number of aryl methyl sites for hydroxylation is 2. The number of hydrogen-bond donors (Lipinski definition) is 0. The van der Waals surface area contributed by atoms with Gasteiger partial charge in [-0.3, -0.25) is 14.8 Å². The Kier molecular flexibility index (Phi) is 4.62. The molecular weight excluding hydrogens is 344 g/mol. The minimum atomic E-state index is -0.0509. The Hall–Kier alpha value is -3.16. The molecule has 0 aliphatic carbocycles. The average Bonchev–Trinajstić information content (AvgIpc) is 3.29. The molecule has 3 aromatic rings. The Morgan fingerprint density at radius 2 is 2.07 bits per heavy atom. The molecule has 1 fully saturated rings. The van der Waals surface area contributed by atoms with Crippen molar-refractivity contribution < 1.29 is 9.32 Å². The van der Waals surface area contributed by atoms with Gasteiger partial charge in [0, 0.05) is 31.7 Å². The third-order valence-electron chi connectivity index (χ3n) is 4.90. The molecule has 0 bridgehead atoms. The summed E-state index contributed by atoms with van der Waals surface area (Å²) in [6.45, 7) is 5.18. The van der Waals surface area contributed by atoms with Crippen LogP contribution in [0.3, 0.4) is 0 Å². The molecule has 138 valence electrons. The van der Waals surface area contributed by atoms with E-state index in [4.69, 9.17) is 4.52 Å². The number of nitrogens with zero attached hydrogens (tertiary/aromatic N) is 6. The molecule has 1 aliphatic heterocycles. The second kappa shape index (κ2) is 7.22. The molecule has 4 rings (SSSR count). The fraction of sp³-hybridized carbons (Fsp3) is 0.368. The van der Waals surface area contributed by atoms with Gasteiger partial charge >= 0.3 is 0 Å². The maximum Gasteiger partial charge on any atom is 0.272 e. The second-order valence-electron chi connectivity index (χ2n) is 6.76. The number of hydrogen-bond acceptors (Lipinski definition) is 7. The van der Waals surface area contributed by atoms with E-state index in [1.807, 2.05) is 18.7 Å². The van der Waals surface area contributed by atoms with Crippen LogP contribution in [0.4, 0.5) is 0 Å². The molecule has 0 unspecified atom stereocenters. The SMILES string of the molecule is Cc1noc(C)c1-c1nccnc1C[C@@H]1CCN(C(=O)c2ccncn2)C1. The lowest BCUT2D eigenvalue weighted by Crippen LogP contribution is -2.29. The highest BCUT2D eigenvalue weighted by Gasteiger charge is 2.29. The van der Waals surface area contributed by atoms with Crippen molar-refractivity contribution in [1.29, 1.82) is 0 Å². The topological polar surface area (TPSA) is 97.9 Å². The van der Waals surface area contributed by atoms with E-state index in [1.54, 1.807) is 24.7 Å². The predicted molar refractivity (Wildman–Crippen MR) is 96.7 cm³/mol. The molecule has 3 aromatic heterocycles. The van der Waals surface area contributed by atoms with Crippen molar-refractivity contribution in [3.63, 3.8) is 0 Å². The number of carbonyl (C=O) groups excluding carboxylic acids is 1. The van der Waals surface area contributed by atoms with Crippen molar-refractivity contribution in [3.05, 3.63) is 53.8 Å². The molecule has 0 radical (unpaired) electrons. The molecule has 1 atom stereocenters. The summed E-state index contributed by atoms with van der Waals surface area (Å²) in [6.07, 6.45) is 8.05. The molecule has 27 heavy (non-hydrogen) atoms. The minimum absolute atomic E-state index is 0.0509. The first kappa shape index (κ1) is 17.3. The molecule has 0 N–H and O–H groups in total. The van der Waals surface area contributed by atoms with Crippen LogP contribution in [-0.2, 0) is 6.42 Å². The Balaban J connectivity index is 1.51. The molecule has 0 aromatic carbocycles. The lowest BCUT2D eigenvalue weighted by atomic mass is 9.98. The summed E-state index contributed by atoms with van der Waals surface area (Å²) in [7, 11) is 0. The van der Waals surface area contributed by atoms with Gasteiger partial charge in [0.25, 0.3) is 5.91 Å². The first-order chi connectivity index (χ1) is 13.1. The van der Waals surface area contributed by atoms with Crippen LogP contribution in [0, 0.1) is 19.8 Å². The summed E-state index contributed by atoms with van der Waals surface area (Å²) in [6, 6.07) is 1.65. The van der Waals surface area contributed by atoms with Crippen LogP contribution in [0.5, 0.6) is 0 Å². The van der Waals surface area contributed by atoms with Crippen LogP contribution >= 0.6 is 0 Å². The van der Waals surface area contributed by atoms with Crippen molar-refractivity contribution in [2.45, 2.75) is 26.7 Å². The average molecular weight is 364 g/mol. The number of rotatable bonds is 4. The smallest absolute Gasteiger partial charge is 0.272 e. The summed E-state index contributed by atoms with van der Waals surface area (Å²) in [5, 5.41) is 4.03. The highest BCUT2D eigenvalue weighted by Crippen LogP contribution is 2.30. The van der Waals surface area contributed by atoms with Crippen molar-refractivity contribution in [3.8, 4) is 11.3 Å². The molecular formula is C19H20N6O2. The molecule has 4 heterocycles. The van der Waals surface area contributed by atoms with Gasteiger partial charge < -0.3 is 9.42 Å². The zero-order valence-corrected chi connectivity index (χ0v) is 15.3. The van der Waals surface area contributed by atoms with E-state index in [0.717, 1.165) is 41.2 Å². The van der Waals surface area contributed by atoms with Crippen LogP contribution in [0.15, 0.2) is 35.5 Å². The van der Waals surface area contributed by atoms with Gasteiger partial charge in [-0.15, -0.1) is 0 Å². The third-order valence-corrected chi connectivity index (χ3v) is 4.90. The first-order valence-corrected chi connectivity index (χ1v) is 8.92. The van der Waals surface area contributed by atoms with Crippen LogP contribution in [0.2, 0.25) is 0 Å². The molecule has 8 heteroatoms. The van der Waals surface area contributed by atoms with E-state index >= 15 is 0 Å². The molecule has 1 aliphatic rings. The summed E-state index contributed by atoms with van der Waals surface area (Å²) >= 11 is 0. The second-order valence-corrected chi connectivity index (χ2v) is 6.76. The Morgan fingerprint density at radius 3 is 2.81 bits per heavy atom. The standard InChI is InChI=1S/C19H20N6O2/c1-12-17(13(2)27-24-12)18-16(21-6-7-22-18)9-14-4-8-25(10-14)19(26)15-3-5-20-11-23-15/h3,5-7,11,14H,4,8-10H2,1-2H3/t14-/m0/s1. The highest BCUT2D eigenvalue weighted by molar-refractivity contribution is 5.92. The summed E-state index contributed by atoms with van der Waals surface area (Å²) in [4.78, 5) is 31.4. The number of likely N-dealkylation sites (tertiary alicyclic amines) is 1. The quantitative estimate of drug-likeness (QED) is 0.700. The maximum atomic E-state index is 12.6. The molecule has 1 saturated heterocycles. The van der Waals surface area contributed by atoms with Gasteiger partial charge in [-0.1, -0.05) is 5.16 Å². The van der Waals surface area contributed by atoms with E-state index in [1.165, 1.54) is 6.33 Å². The molecule has 0 spiro atoms. The maximum absolute atomic E-state index is 12.6. The van der Waals surface area contributed by atoms with Gasteiger partial charge in [-0.2, -0.15) is 0 Å². The lowest BCUT2D eigenvalue weighted by molar-refractivity contribution is 0.0781. The fourth-order valence-corrected chi connectivity index (χ4v) is 3.58. The monoisotopic (exact) mass is 364 g/mol. The summed E-state index contributed by atoms with van der Waals surface area (Å²) in [5.74, 6) is 1.01. The van der Waals surface area contributed by atoms with Crippen LogP contribution in [0.1, 0.15) is 34.1 Å². The van der Waals surface area contributed by atoms with Crippen LogP contribution < -0.4 is 0 Å². The van der Waals surface area contributed by atoms with Crippen LogP contribution in [0.25, 0.3) is 11.3 Å². The van der Waals surface area contributed by atoms with E-state index in [-0.39, 0.29) is 5.91 Å². The van der Waals surface area contributed by atoms with E-state index in [9.17, 15) is 4.79 Å². The van der Waals surface area contributed by atoms with Gasteiger partial charge in [-0.25, -0.2) is 9.97 Å². The predicted octanol–water partition coefficient (Wildman–Crippen LogP) is 2.24. The summed E-state index contributed by atoms with van der Waals surface area (Å²) in [5.41, 5.74) is 3.87. The van der Waals surface area contributed by atoms with Crippen molar-refractivity contribution in [2.24, 2.45) is 5.92 Å². The largest absolute Gasteiger partial charge is 0.361 e. The zero-order chi connectivity index (χ0) is 18.8. The Labute approximate surface area is 156 Å². The molecule has 0 saturated carbocycles. The van der Waals surface area contributed by atoms with Crippen molar-refractivity contribution >= 4 is 5.91 Å². The summed E-state index contributed by atoms with van der Waals surface area (Å²) < 4.78 is 5.29. The van der Waals surface area contributed by atoms with Gasteiger partial charge in [0.15, 0.2) is 0 Å². The van der Waals surface area contributed by atoms with Gasteiger partial charge in [-0.05, 0) is 38.7 Å². The first-order valence-electron chi connectivity index (χ1n) is 8.92. The van der Waals surface area contributed by atoms with Crippen molar-refractivity contribution in [2.75, 3.05) is 13.1 Å². The number of carbonyl (C=O) groups is 1. The van der Waals surface area contributed by atoms with E-state index in [0.29, 0.717) is 24.7 Å². The molecule has 8 nitrogen and oxygen atoms in total. The van der Waals surface area contributed by atoms with Gasteiger partial charge in [0.1, 0.15) is 17.8 Å². The zero-order valence-electron chi connectivity index (χ0n) is 15.3. The molecule has 1 amide bonds. The highest BCUT2D eigenvalue weighted by atomic mass is 16.5. The number of amides is 1. The Bertz CT molecular complexity index is 936. The minimum Gasteiger partial charge on any atom is -0.361 e. The third kappa shape index (κ3) is 3.42. The lowest BCUT2D eigenvalue weighted by Gasteiger charge is -2.16. The van der Waals surface area contributed by atoms with Crippen LogP contribution in [-0.4, -0.2) is 49.0 Å². The van der Waals surface area contributed by atoms with Gasteiger partial charge in [0.05, 0.1) is 22.6 Å². The van der Waals surface area contributed by atoms with Gasteiger partial charge in [0.2, 0.25) is 0 Å². The number of aromatic nitrogens is 5. The van der Waals surface area contributed by atoms with Crippen molar-refractivity contribution in [1.82, 2.24) is 30.0 Å². The normalized spacial score (nSPS) is 16.7. The Morgan fingerprint density at radius 1 is 1.22 bits per heavy atom. The van der Waals surface area contributed by atoms with E-state index in [2.05, 4.69) is 25.1 Å². The van der Waals surface area contributed by atoms with E-state index < -0.39 is 0 Å².